The molecule has 0 radical (unpaired) electrons. The predicted molar refractivity (Wildman–Crippen MR) is 83.5 cm³/mol. The second-order valence-electron chi connectivity index (χ2n) is 4.04. The van der Waals surface area contributed by atoms with Gasteiger partial charge in [0.15, 0.2) is 0 Å². The summed E-state index contributed by atoms with van der Waals surface area (Å²) in [5.74, 6) is 0.429. The molecule has 2 rings (SSSR count). The van der Waals surface area contributed by atoms with Crippen molar-refractivity contribution in [2.24, 2.45) is 4.99 Å². The summed E-state index contributed by atoms with van der Waals surface area (Å²) in [6.45, 7) is 0. The molecule has 0 aliphatic heterocycles. The van der Waals surface area contributed by atoms with Gasteiger partial charge in [-0.05, 0) is 0 Å². The van der Waals surface area contributed by atoms with Gasteiger partial charge in [-0.1, -0.05) is 0 Å². The second kappa shape index (κ2) is 7.79. The van der Waals surface area contributed by atoms with Crippen molar-refractivity contribution in [1.82, 2.24) is 0 Å². The van der Waals surface area contributed by atoms with E-state index in [0.29, 0.717) is 5.56 Å². The van der Waals surface area contributed by atoms with E-state index in [2.05, 4.69) is 4.99 Å². The summed E-state index contributed by atoms with van der Waals surface area (Å²) < 4.78 is 20.2. The monoisotopic (exact) mass is 413 g/mol. The van der Waals surface area contributed by atoms with Crippen molar-refractivity contribution in [3.63, 3.8) is 0 Å². The van der Waals surface area contributed by atoms with E-state index < -0.39 is 13.5 Å². The quantitative estimate of drug-likeness (QED) is 0.528. The Morgan fingerprint density at radius 1 is 1.10 bits per heavy atom. The van der Waals surface area contributed by atoms with Crippen LogP contribution in [0.2, 0.25) is 0 Å². The van der Waals surface area contributed by atoms with Crippen molar-refractivity contribution in [1.29, 1.82) is 0 Å². The summed E-state index contributed by atoms with van der Waals surface area (Å²) in [6.07, 6.45) is 1.60. The van der Waals surface area contributed by atoms with Crippen molar-refractivity contribution in [3.8, 4) is 5.75 Å². The van der Waals surface area contributed by atoms with Gasteiger partial charge in [0.2, 0.25) is 0 Å². The first-order chi connectivity index (χ1) is 10.1. The van der Waals surface area contributed by atoms with Gasteiger partial charge >= 0.3 is 136 Å². The molecule has 0 N–H and O–H groups in total. The molecule has 0 spiro atoms. The molecule has 0 fully saturated rings. The Balaban J connectivity index is 2.30. The van der Waals surface area contributed by atoms with Crippen LogP contribution < -0.4 is 4.74 Å². The van der Waals surface area contributed by atoms with Crippen molar-refractivity contribution in [2.75, 3.05) is 7.11 Å². The maximum atomic E-state index is 13.4. The van der Waals surface area contributed by atoms with Gasteiger partial charge < -0.3 is 0 Å². The summed E-state index contributed by atoms with van der Waals surface area (Å²) >= 11 is -1.97. The van der Waals surface area contributed by atoms with Gasteiger partial charge in [0.25, 0.3) is 0 Å². The van der Waals surface area contributed by atoms with Crippen LogP contribution >= 0.6 is 19.4 Å². The summed E-state index contributed by atoms with van der Waals surface area (Å²) in [5.41, 5.74) is 2.18. The van der Waals surface area contributed by atoms with Crippen LogP contribution in [0.1, 0.15) is 11.1 Å². The van der Waals surface area contributed by atoms with Gasteiger partial charge in [-0.15, -0.1) is 0 Å². The van der Waals surface area contributed by atoms with Gasteiger partial charge in [0.1, 0.15) is 0 Å². The van der Waals surface area contributed by atoms with Crippen molar-refractivity contribution in [3.05, 3.63) is 59.4 Å². The van der Waals surface area contributed by atoms with E-state index >= 15 is 0 Å². The molecule has 0 atom stereocenters. The fourth-order valence-electron chi connectivity index (χ4n) is 1.65. The first-order valence-corrected chi connectivity index (χ1v) is 11.4. The van der Waals surface area contributed by atoms with E-state index in [9.17, 15) is 4.39 Å². The fourth-order valence-corrected chi connectivity index (χ4v) is 3.49. The van der Waals surface area contributed by atoms with Gasteiger partial charge in [0.05, 0.1) is 0 Å². The Morgan fingerprint density at radius 2 is 1.81 bits per heavy atom. The zero-order valence-electron chi connectivity index (χ0n) is 11.0. The number of hydrogen-bond acceptors (Lipinski definition) is 2. The summed E-state index contributed by atoms with van der Waals surface area (Å²) in [7, 11) is 13.4. The number of methoxy groups -OCH3 is 1. The van der Waals surface area contributed by atoms with E-state index in [1.807, 2.05) is 24.3 Å². The van der Waals surface area contributed by atoms with Crippen LogP contribution in [-0.2, 0) is 13.5 Å². The summed E-state index contributed by atoms with van der Waals surface area (Å²) in [5, 5.41) is 0. The minimum absolute atomic E-state index is 0.328. The van der Waals surface area contributed by atoms with Gasteiger partial charge in [-0.3, -0.25) is 0 Å². The Bertz CT molecular complexity index is 683. The average molecular weight is 413 g/mol. The van der Waals surface area contributed by atoms with Crippen LogP contribution in [0.15, 0.2) is 47.5 Å². The number of nitrogens with zero attached hydrogens (tertiary/aromatic N) is 1. The number of rotatable bonds is 4. The Kier molecular flexibility index (Phi) is 6.04. The van der Waals surface area contributed by atoms with Crippen LogP contribution in [0.3, 0.4) is 0 Å². The van der Waals surface area contributed by atoms with Crippen molar-refractivity contribution < 1.29 is 22.6 Å². The van der Waals surface area contributed by atoms with Crippen molar-refractivity contribution >= 4 is 35.9 Å². The Hall–Kier alpha value is -1.09. The Morgan fingerprint density at radius 3 is 2.43 bits per heavy atom. The number of ether oxygens (including phenoxy) is 1. The molecule has 2 nitrogen and oxygen atoms in total. The molecule has 0 aliphatic rings. The van der Waals surface area contributed by atoms with Crippen LogP contribution in [-0.4, -0.2) is 17.9 Å². The van der Waals surface area contributed by atoms with Crippen LogP contribution in [0.5, 0.6) is 5.75 Å². The molecule has 2 aromatic rings. The molecule has 112 valence electrons. The van der Waals surface area contributed by atoms with Gasteiger partial charge in [0, 0.05) is 0 Å². The third kappa shape index (κ3) is 4.99. The zero-order chi connectivity index (χ0) is 15.2. The number of halogens is 3. The topological polar surface area (TPSA) is 21.6 Å². The molecule has 0 bridgehead atoms. The molecule has 21 heavy (non-hydrogen) atoms. The van der Waals surface area contributed by atoms with Crippen LogP contribution in [0.4, 0.5) is 10.1 Å². The van der Waals surface area contributed by atoms with E-state index in [4.69, 9.17) is 24.1 Å². The van der Waals surface area contributed by atoms with E-state index in [1.165, 1.54) is 12.1 Å². The first-order valence-electron chi connectivity index (χ1n) is 5.89. The molecule has 0 amide bonds. The standard InChI is InChI=1S/C15H12FNO.2ClH.Ru/c1-11-3-4-13(16)9-12(11)10-17-14-5-7-15(18-2)8-6-14;;;/h1,3-10H,2H3;2*1H;/q;;;+2/p-2. The van der Waals surface area contributed by atoms with E-state index in [1.54, 1.807) is 24.0 Å². The summed E-state index contributed by atoms with van der Waals surface area (Å²) in [6, 6.07) is 11.7. The number of benzene rings is 2. The molecule has 0 heterocycles. The Labute approximate surface area is 135 Å². The summed E-state index contributed by atoms with van der Waals surface area (Å²) in [4.78, 5) is 4.32. The molecule has 0 aliphatic carbocycles. The molecule has 0 unspecified atom stereocenters. The SMILES string of the molecule is COc1ccc(N=Cc2cc(F)ccc2[CH]=[Ru]([Cl])[Cl])cc1. The van der Waals surface area contributed by atoms with Crippen LogP contribution in [0, 0.1) is 5.82 Å². The zero-order valence-corrected chi connectivity index (χ0v) is 14.3. The number of hydrogen-bond donors (Lipinski definition) is 0. The molecule has 0 aromatic heterocycles. The molecule has 0 saturated heterocycles. The van der Waals surface area contributed by atoms with Gasteiger partial charge in [-0.2, -0.15) is 0 Å². The minimum atomic E-state index is -1.97. The fraction of sp³-hybridized carbons (Fsp3) is 0.0667. The van der Waals surface area contributed by atoms with Gasteiger partial charge in [-0.25, -0.2) is 0 Å². The molecule has 0 saturated carbocycles. The first kappa shape index (κ1) is 16.3. The average Bonchev–Trinajstić information content (AvgIpc) is 2.47. The van der Waals surface area contributed by atoms with E-state index in [0.717, 1.165) is 17.0 Å². The second-order valence-corrected chi connectivity index (χ2v) is 9.76. The maximum absolute atomic E-state index is 13.4. The molecular formula is C15H12Cl2FNORu. The van der Waals surface area contributed by atoms with Crippen molar-refractivity contribution in [2.45, 2.75) is 0 Å². The molecular weight excluding hydrogens is 401 g/mol. The normalized spacial score (nSPS) is 11.5. The number of aliphatic imine (C=N–C) groups is 1. The molecule has 6 heteroatoms. The third-order valence-corrected chi connectivity index (χ3v) is 4.49. The van der Waals surface area contributed by atoms with Crippen LogP contribution in [0.25, 0.3) is 0 Å². The third-order valence-electron chi connectivity index (χ3n) is 2.66. The predicted octanol–water partition coefficient (Wildman–Crippen LogP) is 4.66. The molecule has 2 aromatic carbocycles. The van der Waals surface area contributed by atoms with E-state index in [-0.39, 0.29) is 5.82 Å².